The van der Waals surface area contributed by atoms with Gasteiger partial charge >= 0.3 is 0 Å². The second-order valence-electron chi connectivity index (χ2n) is 5.34. The lowest BCUT2D eigenvalue weighted by atomic mass is 10.0. The molecule has 0 aromatic heterocycles. The zero-order valence-electron chi connectivity index (χ0n) is 12.0. The van der Waals surface area contributed by atoms with E-state index in [9.17, 15) is 0 Å². The van der Waals surface area contributed by atoms with Gasteiger partial charge in [0.25, 0.3) is 0 Å². The normalized spacial score (nSPS) is 29.6. The van der Waals surface area contributed by atoms with E-state index in [1.165, 1.54) is 17.5 Å². The van der Waals surface area contributed by atoms with Crippen molar-refractivity contribution in [1.82, 2.24) is 0 Å². The molecule has 0 unspecified atom stereocenters. The molecule has 20 heavy (non-hydrogen) atoms. The first-order valence-corrected chi connectivity index (χ1v) is 8.68. The van der Waals surface area contributed by atoms with Crippen LogP contribution in [0.5, 0.6) is 0 Å². The van der Waals surface area contributed by atoms with Crippen LogP contribution in [0.1, 0.15) is 13.8 Å². The Morgan fingerprint density at radius 2 is 0.950 bits per heavy atom. The quantitative estimate of drug-likeness (QED) is 0.654. The van der Waals surface area contributed by atoms with E-state index in [2.05, 4.69) is 90.9 Å². The standard InChI is InChI=1S/C19H20P/c1-15(17-9-3-4-10-17)20(19-13-7-8-14-19)16(2)18-11-5-6-12-18/h3-16H,1-2H3/t15-,16-/m0/s1. The van der Waals surface area contributed by atoms with Gasteiger partial charge in [-0.2, -0.15) is 0 Å². The van der Waals surface area contributed by atoms with Gasteiger partial charge in [0.2, 0.25) is 0 Å². The molecule has 2 atom stereocenters. The molecule has 0 saturated heterocycles. The van der Waals surface area contributed by atoms with E-state index in [1.54, 1.807) is 0 Å². The van der Waals surface area contributed by atoms with Crippen molar-refractivity contribution in [3.63, 3.8) is 0 Å². The van der Waals surface area contributed by atoms with E-state index in [1.807, 2.05) is 0 Å². The maximum absolute atomic E-state index is 2.38. The van der Waals surface area contributed by atoms with Gasteiger partial charge in [-0.05, 0) is 100 Å². The van der Waals surface area contributed by atoms with Gasteiger partial charge in [0, 0.05) is 5.66 Å². The lowest BCUT2D eigenvalue weighted by Crippen LogP contribution is -2.23. The van der Waals surface area contributed by atoms with E-state index >= 15 is 0 Å². The Balaban J connectivity index is 1.71. The van der Waals surface area contributed by atoms with Crippen LogP contribution < -0.4 is 0 Å². The highest BCUT2D eigenvalue weighted by molar-refractivity contribution is 7.63. The average Bonchev–Trinajstić information content (AvgIpc) is 3.20. The third-order valence-electron chi connectivity index (χ3n) is 4.12. The smallest absolute Gasteiger partial charge is 0.00805 e. The second kappa shape index (κ2) is 7.13. The van der Waals surface area contributed by atoms with Crippen molar-refractivity contribution >= 4 is 7.92 Å². The van der Waals surface area contributed by atoms with Crippen molar-refractivity contribution in [2.24, 2.45) is 0 Å². The summed E-state index contributed by atoms with van der Waals surface area (Å²) in [6, 6.07) is 0. The number of hydrogen-bond donors (Lipinski definition) is 0. The van der Waals surface area contributed by atoms with Gasteiger partial charge in [-0.3, -0.25) is 0 Å². The minimum absolute atomic E-state index is 0.242. The Bertz CT molecular complexity index is 260. The van der Waals surface area contributed by atoms with Gasteiger partial charge in [0.1, 0.15) is 0 Å². The fourth-order valence-corrected chi connectivity index (χ4v) is 6.04. The molecule has 1 heteroatoms. The Morgan fingerprint density at radius 1 is 0.600 bits per heavy atom. The summed E-state index contributed by atoms with van der Waals surface area (Å²) < 4.78 is 0. The molecule has 3 rings (SSSR count). The molecular formula is C19H20P. The monoisotopic (exact) mass is 279 g/mol. The molecule has 0 N–H and O–H groups in total. The third-order valence-corrected chi connectivity index (χ3v) is 7.28. The van der Waals surface area contributed by atoms with Gasteiger partial charge in [-0.1, -0.05) is 21.8 Å². The summed E-state index contributed by atoms with van der Waals surface area (Å²) in [5.74, 6) is 2.94. The van der Waals surface area contributed by atoms with Gasteiger partial charge in [0.15, 0.2) is 0 Å². The Labute approximate surface area is 128 Å². The fraction of sp³-hybridized carbons (Fsp3) is 0.211. The highest BCUT2D eigenvalue weighted by Crippen LogP contribution is 2.65. The first-order chi connectivity index (χ1) is 9.77. The number of rotatable bonds is 5. The van der Waals surface area contributed by atoms with Crippen molar-refractivity contribution in [3.8, 4) is 0 Å². The van der Waals surface area contributed by atoms with Crippen molar-refractivity contribution < 1.29 is 0 Å². The Morgan fingerprint density at radius 3 is 1.35 bits per heavy atom. The molecule has 15 radical (unpaired) electrons. The van der Waals surface area contributed by atoms with E-state index < -0.39 is 0 Å². The molecule has 0 aromatic rings. The summed E-state index contributed by atoms with van der Waals surface area (Å²) in [6.07, 6.45) is 26.6. The predicted octanol–water partition coefficient (Wildman–Crippen LogP) is 4.42. The molecule has 0 spiro atoms. The molecule has 3 aliphatic rings. The molecular weight excluding hydrogens is 259 g/mol. The average molecular weight is 279 g/mol. The topological polar surface area (TPSA) is 0 Å². The van der Waals surface area contributed by atoms with Crippen LogP contribution in [0, 0.1) is 94.5 Å². The van der Waals surface area contributed by atoms with Crippen molar-refractivity contribution in [3.05, 3.63) is 94.5 Å². The lowest BCUT2D eigenvalue weighted by molar-refractivity contribution is 0.941. The molecule has 0 bridgehead atoms. The first kappa shape index (κ1) is 15.3. The lowest BCUT2D eigenvalue weighted by Gasteiger charge is -2.39. The third kappa shape index (κ3) is 3.26. The van der Waals surface area contributed by atoms with Crippen LogP contribution in [-0.4, -0.2) is 11.3 Å². The predicted molar refractivity (Wildman–Crippen MR) is 87.2 cm³/mol. The van der Waals surface area contributed by atoms with E-state index in [-0.39, 0.29) is 7.92 Å². The van der Waals surface area contributed by atoms with Crippen LogP contribution in [0.25, 0.3) is 0 Å². The van der Waals surface area contributed by atoms with E-state index in [0.29, 0.717) is 11.3 Å². The second-order valence-corrected chi connectivity index (χ2v) is 8.22. The van der Waals surface area contributed by atoms with E-state index in [0.717, 1.165) is 0 Å². The van der Waals surface area contributed by atoms with E-state index in [4.69, 9.17) is 0 Å². The zero-order valence-corrected chi connectivity index (χ0v) is 12.9. The summed E-state index contributed by atoms with van der Waals surface area (Å²) in [5.41, 5.74) is 2.70. The van der Waals surface area contributed by atoms with Crippen LogP contribution >= 0.6 is 7.92 Å². The maximum Gasteiger partial charge on any atom is 0.00805 e. The number of hydrogen-bond acceptors (Lipinski definition) is 0. The van der Waals surface area contributed by atoms with Crippen LogP contribution in [0.4, 0.5) is 0 Å². The summed E-state index contributed by atoms with van der Waals surface area (Å²) in [5, 5.41) is 0. The molecule has 3 aliphatic carbocycles. The zero-order chi connectivity index (χ0) is 13.9. The van der Waals surface area contributed by atoms with Crippen LogP contribution in [0.2, 0.25) is 0 Å². The van der Waals surface area contributed by atoms with Crippen LogP contribution in [0.3, 0.4) is 0 Å². The SMILES string of the molecule is C[C@@H]([C]1[CH][CH][CH][CH]1)P([C]1[CH][CH][CH][CH]1)[C@@H](C)[C]1[CH][CH][CH][CH]1. The molecule has 3 fully saturated rings. The molecule has 0 aliphatic heterocycles. The summed E-state index contributed by atoms with van der Waals surface area (Å²) in [6.45, 7) is 4.76. The van der Waals surface area contributed by atoms with Gasteiger partial charge < -0.3 is 0 Å². The van der Waals surface area contributed by atoms with Crippen molar-refractivity contribution in [2.45, 2.75) is 25.2 Å². The highest BCUT2D eigenvalue weighted by Gasteiger charge is 2.41. The van der Waals surface area contributed by atoms with Crippen LogP contribution in [-0.2, 0) is 0 Å². The molecule has 0 aromatic carbocycles. The Kier molecular flexibility index (Phi) is 5.46. The van der Waals surface area contributed by atoms with Crippen molar-refractivity contribution in [1.29, 1.82) is 0 Å². The van der Waals surface area contributed by atoms with Crippen molar-refractivity contribution in [2.75, 3.05) is 0 Å². The largest absolute Gasteiger partial charge is 0.0918 e. The summed E-state index contributed by atoms with van der Waals surface area (Å²) in [4.78, 5) is 0. The van der Waals surface area contributed by atoms with Gasteiger partial charge in [0.05, 0.1) is 0 Å². The molecule has 101 valence electrons. The summed E-state index contributed by atoms with van der Waals surface area (Å²) >= 11 is 0. The minimum Gasteiger partial charge on any atom is -0.0918 e. The molecule has 3 saturated carbocycles. The maximum atomic E-state index is 2.38. The first-order valence-electron chi connectivity index (χ1n) is 7.20. The molecule has 0 nitrogen and oxygen atoms in total. The van der Waals surface area contributed by atoms with Crippen LogP contribution in [0.15, 0.2) is 0 Å². The summed E-state index contributed by atoms with van der Waals surface area (Å²) in [7, 11) is -0.242. The highest BCUT2D eigenvalue weighted by atomic mass is 31.1. The minimum atomic E-state index is -0.242. The molecule has 0 heterocycles. The van der Waals surface area contributed by atoms with Gasteiger partial charge in [-0.15, -0.1) is 0 Å². The fourth-order valence-electron chi connectivity index (χ4n) is 2.97. The van der Waals surface area contributed by atoms with Gasteiger partial charge in [-0.25, -0.2) is 0 Å². The molecule has 0 amide bonds. The Hall–Kier alpha value is 0.430.